The summed E-state index contributed by atoms with van der Waals surface area (Å²) in [4.78, 5) is 39.1. The number of ether oxygens (including phenoxy) is 1. The first-order valence-electron chi connectivity index (χ1n) is 7.99. The number of hydrogen-bond acceptors (Lipinski definition) is 4. The largest absolute Gasteiger partial charge is 0.495 e. The third kappa shape index (κ3) is 4.04. The topological polar surface area (TPSA) is 79.0 Å². The minimum atomic E-state index is -0.232. The zero-order valence-corrected chi connectivity index (χ0v) is 14.3. The summed E-state index contributed by atoms with van der Waals surface area (Å²) in [6.45, 7) is 5.34. The highest BCUT2D eigenvalue weighted by molar-refractivity contribution is 5.98. The number of benzene rings is 1. The molecule has 7 heteroatoms. The Morgan fingerprint density at radius 1 is 1.12 bits per heavy atom. The zero-order chi connectivity index (χ0) is 17.7. The lowest BCUT2D eigenvalue weighted by Crippen LogP contribution is -2.50. The highest BCUT2D eigenvalue weighted by atomic mass is 16.5. The molecular weight excluding hydrogens is 310 g/mol. The van der Waals surface area contributed by atoms with Gasteiger partial charge in [-0.3, -0.25) is 14.4 Å². The van der Waals surface area contributed by atoms with Crippen LogP contribution in [0.25, 0.3) is 0 Å². The van der Waals surface area contributed by atoms with E-state index in [1.54, 1.807) is 28.0 Å². The number of rotatable bonds is 4. The van der Waals surface area contributed by atoms with Gasteiger partial charge in [-0.1, -0.05) is 6.92 Å². The molecule has 1 aromatic carbocycles. The average molecular weight is 333 g/mol. The van der Waals surface area contributed by atoms with Crippen molar-refractivity contribution in [3.8, 4) is 5.75 Å². The minimum absolute atomic E-state index is 0.111. The number of anilines is 1. The van der Waals surface area contributed by atoms with Crippen LogP contribution in [0, 0.1) is 0 Å². The predicted molar refractivity (Wildman–Crippen MR) is 90.1 cm³/mol. The second kappa shape index (κ2) is 7.81. The van der Waals surface area contributed by atoms with E-state index in [-0.39, 0.29) is 17.7 Å². The molecule has 0 spiro atoms. The van der Waals surface area contributed by atoms with E-state index < -0.39 is 0 Å². The molecule has 1 N–H and O–H groups in total. The van der Waals surface area contributed by atoms with Crippen LogP contribution < -0.4 is 10.1 Å². The maximum absolute atomic E-state index is 12.7. The Labute approximate surface area is 141 Å². The molecular formula is C17H23N3O4. The molecule has 0 saturated carbocycles. The maximum atomic E-state index is 12.7. The molecule has 1 heterocycles. The molecule has 24 heavy (non-hydrogen) atoms. The van der Waals surface area contributed by atoms with Gasteiger partial charge in [0.15, 0.2) is 0 Å². The Morgan fingerprint density at radius 3 is 2.29 bits per heavy atom. The SMILES string of the molecule is CCC(=O)N1CCN(C(=O)c2ccc(OC)c(NC(C)=O)c2)CC1. The van der Waals surface area contributed by atoms with Gasteiger partial charge in [-0.05, 0) is 18.2 Å². The Hall–Kier alpha value is -2.57. The molecule has 1 aromatic rings. The molecule has 1 fully saturated rings. The number of carbonyl (C=O) groups excluding carboxylic acids is 3. The molecule has 130 valence electrons. The van der Waals surface area contributed by atoms with E-state index >= 15 is 0 Å². The molecule has 0 atom stereocenters. The molecule has 0 aromatic heterocycles. The fraction of sp³-hybridized carbons (Fsp3) is 0.471. The first kappa shape index (κ1) is 17.8. The van der Waals surface area contributed by atoms with Gasteiger partial charge in [0.1, 0.15) is 5.75 Å². The monoisotopic (exact) mass is 333 g/mol. The zero-order valence-electron chi connectivity index (χ0n) is 14.3. The minimum Gasteiger partial charge on any atom is -0.495 e. The Balaban J connectivity index is 2.10. The van der Waals surface area contributed by atoms with Gasteiger partial charge in [-0.15, -0.1) is 0 Å². The van der Waals surface area contributed by atoms with E-state index in [0.29, 0.717) is 49.6 Å². The number of hydrogen-bond donors (Lipinski definition) is 1. The van der Waals surface area contributed by atoms with Crippen LogP contribution in [0.4, 0.5) is 5.69 Å². The molecule has 0 radical (unpaired) electrons. The van der Waals surface area contributed by atoms with Crippen LogP contribution in [0.1, 0.15) is 30.6 Å². The van der Waals surface area contributed by atoms with Crippen molar-refractivity contribution < 1.29 is 19.1 Å². The van der Waals surface area contributed by atoms with Crippen molar-refractivity contribution in [3.63, 3.8) is 0 Å². The van der Waals surface area contributed by atoms with Crippen LogP contribution >= 0.6 is 0 Å². The quantitative estimate of drug-likeness (QED) is 0.902. The number of methoxy groups -OCH3 is 1. The Bertz CT molecular complexity index is 637. The van der Waals surface area contributed by atoms with Crippen molar-refractivity contribution in [1.82, 2.24) is 9.80 Å². The van der Waals surface area contributed by atoms with Crippen molar-refractivity contribution in [1.29, 1.82) is 0 Å². The van der Waals surface area contributed by atoms with Gasteiger partial charge in [0, 0.05) is 45.1 Å². The van der Waals surface area contributed by atoms with Crippen molar-refractivity contribution in [2.24, 2.45) is 0 Å². The summed E-state index contributed by atoms with van der Waals surface area (Å²) >= 11 is 0. The van der Waals surface area contributed by atoms with Crippen LogP contribution in [0.3, 0.4) is 0 Å². The van der Waals surface area contributed by atoms with E-state index in [2.05, 4.69) is 5.32 Å². The number of nitrogens with zero attached hydrogens (tertiary/aromatic N) is 2. The van der Waals surface area contributed by atoms with Gasteiger partial charge in [0.05, 0.1) is 12.8 Å². The smallest absolute Gasteiger partial charge is 0.254 e. The van der Waals surface area contributed by atoms with E-state index in [4.69, 9.17) is 4.74 Å². The molecule has 0 bridgehead atoms. The average Bonchev–Trinajstić information content (AvgIpc) is 2.60. The third-order valence-corrected chi connectivity index (χ3v) is 3.98. The van der Waals surface area contributed by atoms with Gasteiger partial charge >= 0.3 is 0 Å². The first-order valence-corrected chi connectivity index (χ1v) is 7.99. The first-order chi connectivity index (χ1) is 11.5. The van der Waals surface area contributed by atoms with E-state index in [9.17, 15) is 14.4 Å². The highest BCUT2D eigenvalue weighted by Crippen LogP contribution is 2.26. The van der Waals surface area contributed by atoms with Crippen LogP contribution in [0.5, 0.6) is 5.75 Å². The molecule has 0 aliphatic carbocycles. The molecule has 0 unspecified atom stereocenters. The van der Waals surface area contributed by atoms with Gasteiger partial charge in [-0.2, -0.15) is 0 Å². The Morgan fingerprint density at radius 2 is 1.75 bits per heavy atom. The lowest BCUT2D eigenvalue weighted by molar-refractivity contribution is -0.132. The van der Waals surface area contributed by atoms with Gasteiger partial charge in [-0.25, -0.2) is 0 Å². The van der Waals surface area contributed by atoms with Crippen LogP contribution in [0.2, 0.25) is 0 Å². The third-order valence-electron chi connectivity index (χ3n) is 3.98. The summed E-state index contributed by atoms with van der Waals surface area (Å²) < 4.78 is 5.20. The van der Waals surface area contributed by atoms with Crippen LogP contribution in [0.15, 0.2) is 18.2 Å². The summed E-state index contributed by atoms with van der Waals surface area (Å²) in [7, 11) is 1.51. The predicted octanol–water partition coefficient (Wildman–Crippen LogP) is 1.35. The molecule has 7 nitrogen and oxygen atoms in total. The molecule has 1 aliphatic rings. The summed E-state index contributed by atoms with van der Waals surface area (Å²) in [6, 6.07) is 4.96. The second-order valence-corrected chi connectivity index (χ2v) is 5.62. The van der Waals surface area contributed by atoms with Crippen molar-refractivity contribution in [2.75, 3.05) is 38.6 Å². The number of piperazine rings is 1. The van der Waals surface area contributed by atoms with Gasteiger partial charge in [0.25, 0.3) is 5.91 Å². The highest BCUT2D eigenvalue weighted by Gasteiger charge is 2.24. The summed E-state index contributed by atoms with van der Waals surface area (Å²) in [5.74, 6) is 0.261. The fourth-order valence-corrected chi connectivity index (χ4v) is 2.69. The van der Waals surface area contributed by atoms with Gasteiger partial charge in [0.2, 0.25) is 11.8 Å². The fourth-order valence-electron chi connectivity index (χ4n) is 2.69. The molecule has 1 aliphatic heterocycles. The van der Waals surface area contributed by atoms with E-state index in [1.165, 1.54) is 14.0 Å². The summed E-state index contributed by atoms with van der Waals surface area (Å²) in [5, 5.41) is 2.66. The molecule has 1 saturated heterocycles. The van der Waals surface area contributed by atoms with Crippen LogP contribution in [-0.2, 0) is 9.59 Å². The lowest BCUT2D eigenvalue weighted by Gasteiger charge is -2.34. The Kier molecular flexibility index (Phi) is 5.78. The van der Waals surface area contributed by atoms with E-state index in [0.717, 1.165) is 0 Å². The summed E-state index contributed by atoms with van der Waals surface area (Å²) in [5.41, 5.74) is 0.950. The van der Waals surface area contributed by atoms with Crippen LogP contribution in [-0.4, -0.2) is 60.8 Å². The maximum Gasteiger partial charge on any atom is 0.254 e. The normalized spacial score (nSPS) is 14.3. The number of nitrogens with one attached hydrogen (secondary N) is 1. The standard InChI is InChI=1S/C17H23N3O4/c1-4-16(22)19-7-9-20(10-8-19)17(23)13-5-6-15(24-3)14(11-13)18-12(2)21/h5-6,11H,4,7-10H2,1-3H3,(H,18,21). The lowest BCUT2D eigenvalue weighted by atomic mass is 10.1. The van der Waals surface area contributed by atoms with Crippen molar-refractivity contribution in [3.05, 3.63) is 23.8 Å². The van der Waals surface area contributed by atoms with Crippen molar-refractivity contribution in [2.45, 2.75) is 20.3 Å². The second-order valence-electron chi connectivity index (χ2n) is 5.62. The number of carbonyl (C=O) groups is 3. The van der Waals surface area contributed by atoms with Crippen molar-refractivity contribution >= 4 is 23.4 Å². The molecule has 2 rings (SSSR count). The van der Waals surface area contributed by atoms with E-state index in [1.807, 2.05) is 6.92 Å². The molecule has 3 amide bonds. The summed E-state index contributed by atoms with van der Waals surface area (Å²) in [6.07, 6.45) is 0.479. The van der Waals surface area contributed by atoms with Gasteiger partial charge < -0.3 is 19.9 Å². The number of amides is 3.